The van der Waals surface area contributed by atoms with E-state index in [9.17, 15) is 8.78 Å². The summed E-state index contributed by atoms with van der Waals surface area (Å²) in [7, 11) is 0. The summed E-state index contributed by atoms with van der Waals surface area (Å²) in [6.07, 6.45) is 2.12. The van der Waals surface area contributed by atoms with Crippen LogP contribution in [0.4, 0.5) is 14.6 Å². The molecular formula is C13H13F2N3O. The van der Waals surface area contributed by atoms with Gasteiger partial charge in [0.2, 0.25) is 0 Å². The average molecular weight is 265 g/mol. The van der Waals surface area contributed by atoms with Gasteiger partial charge in [0, 0.05) is 24.9 Å². The number of fused-ring (bicyclic) bond motifs is 5. The summed E-state index contributed by atoms with van der Waals surface area (Å²) in [6.45, 7) is 1.72. The van der Waals surface area contributed by atoms with Crippen molar-refractivity contribution < 1.29 is 13.5 Å². The molecule has 0 spiro atoms. The Balaban J connectivity index is 1.53. The third kappa shape index (κ3) is 1.66. The van der Waals surface area contributed by atoms with Gasteiger partial charge in [0.1, 0.15) is 5.69 Å². The van der Waals surface area contributed by atoms with Crippen molar-refractivity contribution in [3.63, 3.8) is 0 Å². The predicted octanol–water partition coefficient (Wildman–Crippen LogP) is 1.80. The summed E-state index contributed by atoms with van der Waals surface area (Å²) < 4.78 is 30.7. The smallest absolute Gasteiger partial charge is 0.282 e. The average Bonchev–Trinajstić information content (AvgIpc) is 3.11. The van der Waals surface area contributed by atoms with E-state index in [-0.39, 0.29) is 17.9 Å². The first-order valence-corrected chi connectivity index (χ1v) is 6.43. The molecule has 4 atom stereocenters. The normalized spacial score (nSPS) is 35.4. The largest absolute Gasteiger partial charge is 0.366 e. The number of alkyl halides is 2. The zero-order valence-corrected chi connectivity index (χ0v) is 10.1. The number of aromatic nitrogens is 2. The van der Waals surface area contributed by atoms with Crippen LogP contribution in [0.2, 0.25) is 0 Å². The Bertz CT molecular complexity index is 499. The van der Waals surface area contributed by atoms with E-state index in [4.69, 9.17) is 4.74 Å². The summed E-state index contributed by atoms with van der Waals surface area (Å²) in [5.74, 6) is 1.66. The van der Waals surface area contributed by atoms with E-state index in [0.29, 0.717) is 17.7 Å². The number of hydrogen-bond acceptors (Lipinski definition) is 4. The number of rotatable bonds is 2. The fraction of sp³-hybridized carbons (Fsp3) is 0.538. The van der Waals surface area contributed by atoms with Crippen LogP contribution >= 0.6 is 0 Å². The van der Waals surface area contributed by atoms with Gasteiger partial charge in [-0.1, -0.05) is 12.2 Å². The van der Waals surface area contributed by atoms with Gasteiger partial charge in [0.05, 0.1) is 12.2 Å². The second kappa shape index (κ2) is 3.96. The van der Waals surface area contributed by atoms with Crippen molar-refractivity contribution in [2.24, 2.45) is 11.8 Å². The Labute approximate surface area is 109 Å². The van der Waals surface area contributed by atoms with Crippen LogP contribution in [0.25, 0.3) is 0 Å². The molecule has 3 aliphatic rings. The van der Waals surface area contributed by atoms with Crippen LogP contribution < -0.4 is 4.90 Å². The highest BCUT2D eigenvalue weighted by molar-refractivity contribution is 5.41. The van der Waals surface area contributed by atoms with Gasteiger partial charge in [0.25, 0.3) is 6.43 Å². The second-order valence-electron chi connectivity index (χ2n) is 5.30. The maximum Gasteiger partial charge on any atom is 0.282 e. The number of ether oxygens (including phenoxy) is 1. The van der Waals surface area contributed by atoms with Gasteiger partial charge >= 0.3 is 0 Å². The molecule has 0 amide bonds. The van der Waals surface area contributed by atoms with Crippen LogP contribution in [-0.2, 0) is 4.74 Å². The van der Waals surface area contributed by atoms with Crippen LogP contribution in [0.5, 0.6) is 0 Å². The van der Waals surface area contributed by atoms with Gasteiger partial charge < -0.3 is 9.64 Å². The summed E-state index contributed by atoms with van der Waals surface area (Å²) in [4.78, 5) is 2.12. The molecule has 4 heterocycles. The lowest BCUT2D eigenvalue weighted by molar-refractivity contribution is 0.100. The lowest BCUT2D eigenvalue weighted by Crippen LogP contribution is -2.25. The standard InChI is InChI=1S/C13H13F2N3O/c14-13(15)9-1-4-12(17-16-9)18-5-7-8(6-18)11-3-2-10(7)19-11/h1-4,7-8,10-11,13H,5-6H2. The van der Waals surface area contributed by atoms with E-state index in [2.05, 4.69) is 27.2 Å². The molecule has 0 saturated carbocycles. The monoisotopic (exact) mass is 265 g/mol. The molecule has 0 radical (unpaired) electrons. The molecule has 1 aromatic heterocycles. The number of halogens is 2. The molecule has 4 unspecified atom stereocenters. The Hall–Kier alpha value is -1.56. The Morgan fingerprint density at radius 1 is 1.11 bits per heavy atom. The minimum Gasteiger partial charge on any atom is -0.366 e. The molecule has 100 valence electrons. The molecule has 0 N–H and O–H groups in total. The Morgan fingerprint density at radius 3 is 2.32 bits per heavy atom. The van der Waals surface area contributed by atoms with Crippen LogP contribution in [0, 0.1) is 11.8 Å². The zero-order valence-electron chi connectivity index (χ0n) is 10.1. The lowest BCUT2D eigenvalue weighted by atomic mass is 9.86. The fourth-order valence-corrected chi connectivity index (χ4v) is 3.34. The third-order valence-electron chi connectivity index (χ3n) is 4.28. The molecule has 0 aromatic carbocycles. The summed E-state index contributed by atoms with van der Waals surface area (Å²) in [5.41, 5.74) is -0.270. The van der Waals surface area contributed by atoms with E-state index in [1.165, 1.54) is 6.07 Å². The summed E-state index contributed by atoms with van der Waals surface area (Å²) >= 11 is 0. The highest BCUT2D eigenvalue weighted by Crippen LogP contribution is 2.44. The molecule has 2 saturated heterocycles. The molecule has 0 aliphatic carbocycles. The van der Waals surface area contributed by atoms with Crippen LogP contribution in [-0.4, -0.2) is 35.5 Å². The van der Waals surface area contributed by atoms with Gasteiger partial charge in [-0.05, 0) is 12.1 Å². The van der Waals surface area contributed by atoms with E-state index in [0.717, 1.165) is 13.1 Å². The molecule has 2 fully saturated rings. The van der Waals surface area contributed by atoms with E-state index in [1.807, 2.05) is 0 Å². The maximum atomic E-state index is 12.4. The number of anilines is 1. The summed E-state index contributed by atoms with van der Waals surface area (Å²) in [5, 5.41) is 7.50. The van der Waals surface area contributed by atoms with Gasteiger partial charge in [-0.15, -0.1) is 10.2 Å². The van der Waals surface area contributed by atoms with Crippen molar-refractivity contribution in [2.75, 3.05) is 18.0 Å². The maximum absolute atomic E-state index is 12.4. The second-order valence-corrected chi connectivity index (χ2v) is 5.30. The summed E-state index contributed by atoms with van der Waals surface area (Å²) in [6, 6.07) is 2.98. The molecule has 2 bridgehead atoms. The molecule has 19 heavy (non-hydrogen) atoms. The van der Waals surface area contributed by atoms with Crippen molar-refractivity contribution in [3.05, 3.63) is 30.0 Å². The lowest BCUT2D eigenvalue weighted by Gasteiger charge is -2.19. The number of nitrogens with zero attached hydrogens (tertiary/aromatic N) is 3. The minimum absolute atomic E-state index is 0.216. The van der Waals surface area contributed by atoms with Crippen molar-refractivity contribution in [1.29, 1.82) is 0 Å². The van der Waals surface area contributed by atoms with Gasteiger partial charge in [-0.25, -0.2) is 8.78 Å². The predicted molar refractivity (Wildman–Crippen MR) is 64.0 cm³/mol. The highest BCUT2D eigenvalue weighted by atomic mass is 19.3. The van der Waals surface area contributed by atoms with E-state index < -0.39 is 6.43 Å². The minimum atomic E-state index is -2.56. The first-order chi connectivity index (χ1) is 9.22. The van der Waals surface area contributed by atoms with Gasteiger partial charge in [0.15, 0.2) is 5.82 Å². The first kappa shape index (κ1) is 11.3. The SMILES string of the molecule is FC(F)c1ccc(N2CC3C4C=CC(O4)C3C2)nn1. The zero-order chi connectivity index (χ0) is 13.0. The molecule has 3 aliphatic heterocycles. The number of hydrogen-bond donors (Lipinski definition) is 0. The molecule has 6 heteroatoms. The molecule has 4 nitrogen and oxygen atoms in total. The Morgan fingerprint density at radius 2 is 1.79 bits per heavy atom. The van der Waals surface area contributed by atoms with Crippen molar-refractivity contribution >= 4 is 5.82 Å². The van der Waals surface area contributed by atoms with Crippen molar-refractivity contribution in [2.45, 2.75) is 18.6 Å². The van der Waals surface area contributed by atoms with Crippen LogP contribution in [0.3, 0.4) is 0 Å². The molecule has 4 rings (SSSR count). The van der Waals surface area contributed by atoms with Crippen molar-refractivity contribution in [1.82, 2.24) is 10.2 Å². The Kier molecular flexibility index (Phi) is 2.35. The fourth-order valence-electron chi connectivity index (χ4n) is 3.34. The topological polar surface area (TPSA) is 38.2 Å². The third-order valence-corrected chi connectivity index (χ3v) is 4.28. The highest BCUT2D eigenvalue weighted by Gasteiger charge is 2.50. The molecular weight excluding hydrogens is 252 g/mol. The quantitative estimate of drug-likeness (QED) is 0.764. The van der Waals surface area contributed by atoms with E-state index >= 15 is 0 Å². The van der Waals surface area contributed by atoms with Gasteiger partial charge in [-0.2, -0.15) is 0 Å². The van der Waals surface area contributed by atoms with Crippen LogP contribution in [0.15, 0.2) is 24.3 Å². The molecule has 1 aromatic rings. The van der Waals surface area contributed by atoms with Crippen LogP contribution in [0.1, 0.15) is 12.1 Å². The first-order valence-electron chi connectivity index (χ1n) is 6.43. The van der Waals surface area contributed by atoms with E-state index in [1.54, 1.807) is 6.07 Å². The van der Waals surface area contributed by atoms with Crippen molar-refractivity contribution in [3.8, 4) is 0 Å². The van der Waals surface area contributed by atoms with Gasteiger partial charge in [-0.3, -0.25) is 0 Å².